The molecule has 0 saturated carbocycles. The highest BCUT2D eigenvalue weighted by Crippen LogP contribution is 2.31. The normalized spacial score (nSPS) is 13.5. The first-order chi connectivity index (χ1) is 6.20. The Morgan fingerprint density at radius 3 is 2.92 bits per heavy atom. The van der Waals surface area contributed by atoms with Gasteiger partial charge in [-0.2, -0.15) is 0 Å². The van der Waals surface area contributed by atoms with E-state index in [4.69, 9.17) is 5.11 Å². The summed E-state index contributed by atoms with van der Waals surface area (Å²) in [6.45, 7) is 0.735. The van der Waals surface area contributed by atoms with Gasteiger partial charge in [-0.25, -0.2) is 4.79 Å². The van der Waals surface area contributed by atoms with Crippen molar-refractivity contribution in [2.45, 2.75) is 6.42 Å². The number of aromatic hydroxyl groups is 1. The molecule has 0 bridgehead atoms. The van der Waals surface area contributed by atoms with Crippen LogP contribution in [0.15, 0.2) is 12.1 Å². The molecule has 4 heteroatoms. The van der Waals surface area contributed by atoms with Crippen molar-refractivity contribution in [1.29, 1.82) is 0 Å². The van der Waals surface area contributed by atoms with Gasteiger partial charge < -0.3 is 15.5 Å². The molecular weight excluding hydrogens is 170 g/mol. The fourth-order valence-electron chi connectivity index (χ4n) is 1.62. The summed E-state index contributed by atoms with van der Waals surface area (Å²) in [6.07, 6.45) is 0.658. The number of rotatable bonds is 1. The van der Waals surface area contributed by atoms with Gasteiger partial charge in [-0.15, -0.1) is 0 Å². The van der Waals surface area contributed by atoms with Crippen LogP contribution < -0.4 is 5.32 Å². The van der Waals surface area contributed by atoms with Gasteiger partial charge in [0.1, 0.15) is 11.3 Å². The molecule has 4 nitrogen and oxygen atoms in total. The molecule has 0 amide bonds. The van der Waals surface area contributed by atoms with Crippen LogP contribution in [0, 0.1) is 0 Å². The Balaban J connectivity index is 2.65. The van der Waals surface area contributed by atoms with Gasteiger partial charge in [-0.05, 0) is 24.1 Å². The van der Waals surface area contributed by atoms with E-state index in [1.54, 1.807) is 6.07 Å². The SMILES string of the molecule is O=C(O)c1c(O)ccc2c1CCN2. The zero-order valence-corrected chi connectivity index (χ0v) is 6.87. The van der Waals surface area contributed by atoms with Crippen LogP contribution in [0.4, 0.5) is 5.69 Å². The van der Waals surface area contributed by atoms with Crippen molar-refractivity contribution < 1.29 is 15.0 Å². The fourth-order valence-corrected chi connectivity index (χ4v) is 1.62. The average Bonchev–Trinajstić information content (AvgIpc) is 2.50. The predicted octanol–water partition coefficient (Wildman–Crippen LogP) is 1.06. The number of anilines is 1. The third-order valence-corrected chi connectivity index (χ3v) is 2.20. The standard InChI is InChI=1S/C9H9NO3/c11-7-2-1-6-5(3-4-10-6)8(7)9(12)13/h1-2,10-11H,3-4H2,(H,12,13). The summed E-state index contributed by atoms with van der Waals surface area (Å²) in [6, 6.07) is 3.10. The number of fused-ring (bicyclic) bond motifs is 1. The average molecular weight is 179 g/mol. The molecule has 0 saturated heterocycles. The minimum absolute atomic E-state index is 0.0301. The van der Waals surface area contributed by atoms with Crippen LogP contribution in [0.2, 0.25) is 0 Å². The van der Waals surface area contributed by atoms with Crippen LogP contribution in [0.3, 0.4) is 0 Å². The molecule has 1 aliphatic rings. The molecule has 0 unspecified atom stereocenters. The largest absolute Gasteiger partial charge is 0.507 e. The summed E-state index contributed by atoms with van der Waals surface area (Å²) in [4.78, 5) is 10.8. The third-order valence-electron chi connectivity index (χ3n) is 2.20. The zero-order chi connectivity index (χ0) is 9.42. The lowest BCUT2D eigenvalue weighted by atomic mass is 10.0. The molecule has 68 valence electrons. The number of carboxylic acids is 1. The number of carboxylic acid groups (broad SMARTS) is 1. The van der Waals surface area contributed by atoms with Crippen molar-refractivity contribution >= 4 is 11.7 Å². The van der Waals surface area contributed by atoms with E-state index in [1.165, 1.54) is 6.07 Å². The second-order valence-electron chi connectivity index (χ2n) is 2.97. The van der Waals surface area contributed by atoms with E-state index in [9.17, 15) is 9.90 Å². The first kappa shape index (κ1) is 7.91. The molecule has 0 fully saturated rings. The van der Waals surface area contributed by atoms with Crippen LogP contribution in [0.1, 0.15) is 15.9 Å². The molecule has 1 aromatic rings. The lowest BCUT2D eigenvalue weighted by molar-refractivity contribution is 0.0693. The Labute approximate surface area is 74.8 Å². The third kappa shape index (κ3) is 1.11. The Kier molecular flexibility index (Phi) is 1.62. The monoisotopic (exact) mass is 179 g/mol. The van der Waals surface area contributed by atoms with Gasteiger partial charge in [-0.3, -0.25) is 0 Å². The summed E-state index contributed by atoms with van der Waals surface area (Å²) in [5.74, 6) is -1.23. The van der Waals surface area contributed by atoms with E-state index >= 15 is 0 Å². The Hall–Kier alpha value is -1.71. The molecule has 0 spiro atoms. The minimum Gasteiger partial charge on any atom is -0.507 e. The molecule has 0 radical (unpaired) electrons. The smallest absolute Gasteiger partial charge is 0.339 e. The van der Waals surface area contributed by atoms with Crippen LogP contribution in [0.25, 0.3) is 0 Å². The van der Waals surface area contributed by atoms with Gasteiger partial charge in [0.05, 0.1) is 0 Å². The fraction of sp³-hybridized carbons (Fsp3) is 0.222. The number of benzene rings is 1. The highest BCUT2D eigenvalue weighted by molar-refractivity contribution is 5.95. The quantitative estimate of drug-likeness (QED) is 0.564. The van der Waals surface area contributed by atoms with Gasteiger partial charge in [0, 0.05) is 12.2 Å². The van der Waals surface area contributed by atoms with Gasteiger partial charge in [0.25, 0.3) is 0 Å². The van der Waals surface area contributed by atoms with Crippen LogP contribution in [0.5, 0.6) is 5.75 Å². The molecule has 1 aromatic carbocycles. The number of hydrogen-bond donors (Lipinski definition) is 3. The highest BCUT2D eigenvalue weighted by atomic mass is 16.4. The molecule has 2 rings (SSSR count). The van der Waals surface area contributed by atoms with Crippen molar-refractivity contribution in [3.8, 4) is 5.75 Å². The minimum atomic E-state index is -1.07. The Morgan fingerprint density at radius 1 is 1.46 bits per heavy atom. The molecule has 13 heavy (non-hydrogen) atoms. The molecule has 1 aliphatic heterocycles. The molecule has 0 atom stereocenters. The molecule has 3 N–H and O–H groups in total. The Morgan fingerprint density at radius 2 is 2.23 bits per heavy atom. The second-order valence-corrected chi connectivity index (χ2v) is 2.97. The van der Waals surface area contributed by atoms with Crippen molar-refractivity contribution in [3.63, 3.8) is 0 Å². The van der Waals surface area contributed by atoms with Gasteiger partial charge in [0.2, 0.25) is 0 Å². The van der Waals surface area contributed by atoms with Crippen molar-refractivity contribution in [2.24, 2.45) is 0 Å². The van der Waals surface area contributed by atoms with Gasteiger partial charge in [0.15, 0.2) is 0 Å². The summed E-state index contributed by atoms with van der Waals surface area (Å²) in [7, 11) is 0. The maximum Gasteiger partial charge on any atom is 0.339 e. The highest BCUT2D eigenvalue weighted by Gasteiger charge is 2.21. The lowest BCUT2D eigenvalue weighted by Gasteiger charge is -2.05. The second kappa shape index (κ2) is 2.65. The first-order valence-corrected chi connectivity index (χ1v) is 4.02. The summed E-state index contributed by atoms with van der Waals surface area (Å²) in [5.41, 5.74) is 1.55. The van der Waals surface area contributed by atoms with Crippen LogP contribution in [-0.4, -0.2) is 22.7 Å². The van der Waals surface area contributed by atoms with E-state index in [1.807, 2.05) is 0 Å². The maximum absolute atomic E-state index is 10.8. The number of nitrogens with one attached hydrogen (secondary N) is 1. The summed E-state index contributed by atoms with van der Waals surface area (Å²) >= 11 is 0. The van der Waals surface area contributed by atoms with Crippen LogP contribution in [-0.2, 0) is 6.42 Å². The number of hydrogen-bond acceptors (Lipinski definition) is 3. The van der Waals surface area contributed by atoms with E-state index < -0.39 is 5.97 Å². The summed E-state index contributed by atoms with van der Waals surface area (Å²) in [5, 5.41) is 21.2. The Bertz CT molecular complexity index is 373. The first-order valence-electron chi connectivity index (χ1n) is 4.02. The zero-order valence-electron chi connectivity index (χ0n) is 6.87. The lowest BCUT2D eigenvalue weighted by Crippen LogP contribution is -2.01. The van der Waals surface area contributed by atoms with Crippen molar-refractivity contribution in [1.82, 2.24) is 0 Å². The van der Waals surface area contributed by atoms with Crippen molar-refractivity contribution in [3.05, 3.63) is 23.3 Å². The number of carbonyl (C=O) groups is 1. The van der Waals surface area contributed by atoms with Crippen LogP contribution >= 0.6 is 0 Å². The summed E-state index contributed by atoms with van der Waals surface area (Å²) < 4.78 is 0. The van der Waals surface area contributed by atoms with E-state index in [0.29, 0.717) is 12.0 Å². The molecular formula is C9H9NO3. The van der Waals surface area contributed by atoms with E-state index in [0.717, 1.165) is 12.2 Å². The van der Waals surface area contributed by atoms with Gasteiger partial charge in [-0.1, -0.05) is 0 Å². The topological polar surface area (TPSA) is 69.6 Å². The molecule has 0 aromatic heterocycles. The number of phenols is 1. The van der Waals surface area contributed by atoms with Crippen molar-refractivity contribution in [2.75, 3.05) is 11.9 Å². The van der Waals surface area contributed by atoms with Gasteiger partial charge >= 0.3 is 5.97 Å². The van der Waals surface area contributed by atoms with E-state index in [2.05, 4.69) is 5.32 Å². The number of aromatic carboxylic acids is 1. The molecule has 0 aliphatic carbocycles. The maximum atomic E-state index is 10.8. The predicted molar refractivity (Wildman–Crippen MR) is 47.3 cm³/mol. The molecule has 1 heterocycles. The van der Waals surface area contributed by atoms with E-state index in [-0.39, 0.29) is 11.3 Å².